The SMILES string of the molecule is CC(=CCCC(C)(O)/C=C/c1cc(O)c2c(c1O)C=CCC2)CCC=C(C)CCCC(C)C. The molecule has 0 amide bonds. The van der Waals surface area contributed by atoms with E-state index in [1.807, 2.05) is 12.2 Å². The molecule has 1 unspecified atom stereocenters. The lowest BCUT2D eigenvalue weighted by Gasteiger charge is -2.19. The number of phenolic OH excluding ortho intramolecular Hbond substituents is 2. The molecule has 0 heterocycles. The molecule has 3 nitrogen and oxygen atoms in total. The highest BCUT2D eigenvalue weighted by atomic mass is 16.3. The zero-order valence-corrected chi connectivity index (χ0v) is 21.3. The van der Waals surface area contributed by atoms with Gasteiger partial charge in [0, 0.05) is 16.7 Å². The van der Waals surface area contributed by atoms with Crippen molar-refractivity contribution in [3.05, 3.63) is 58.2 Å². The van der Waals surface area contributed by atoms with Gasteiger partial charge in [-0.1, -0.05) is 67.9 Å². The summed E-state index contributed by atoms with van der Waals surface area (Å²) in [6, 6.07) is 1.59. The minimum atomic E-state index is -0.989. The monoisotopic (exact) mass is 452 g/mol. The number of aromatic hydroxyl groups is 2. The second-order valence-corrected chi connectivity index (χ2v) is 10.3. The third-order valence-corrected chi connectivity index (χ3v) is 6.45. The van der Waals surface area contributed by atoms with Crippen LogP contribution in [0.25, 0.3) is 12.2 Å². The van der Waals surface area contributed by atoms with Crippen LogP contribution in [0, 0.1) is 5.92 Å². The summed E-state index contributed by atoms with van der Waals surface area (Å²) in [5.74, 6) is 1.14. The highest BCUT2D eigenvalue weighted by Gasteiger charge is 2.19. The lowest BCUT2D eigenvalue weighted by atomic mass is 9.92. The molecule has 0 aromatic heterocycles. The molecule has 0 aliphatic heterocycles. The van der Waals surface area contributed by atoms with Gasteiger partial charge in [0.1, 0.15) is 11.5 Å². The number of hydrogen-bond acceptors (Lipinski definition) is 3. The van der Waals surface area contributed by atoms with Gasteiger partial charge < -0.3 is 15.3 Å². The molecule has 2 rings (SSSR count). The number of aliphatic hydroxyl groups is 1. The van der Waals surface area contributed by atoms with Crippen molar-refractivity contribution in [2.45, 2.75) is 98.0 Å². The molecule has 182 valence electrons. The quantitative estimate of drug-likeness (QED) is 0.222. The fraction of sp³-hybridized carbons (Fsp3) is 0.533. The molecule has 0 fully saturated rings. The lowest BCUT2D eigenvalue weighted by molar-refractivity contribution is 0.104. The minimum Gasteiger partial charge on any atom is -0.508 e. The maximum absolute atomic E-state index is 10.8. The van der Waals surface area contributed by atoms with Crippen molar-refractivity contribution in [1.29, 1.82) is 0 Å². The van der Waals surface area contributed by atoms with Gasteiger partial charge in [-0.3, -0.25) is 0 Å². The van der Waals surface area contributed by atoms with Crippen LogP contribution in [0.2, 0.25) is 0 Å². The molecule has 1 aliphatic carbocycles. The largest absolute Gasteiger partial charge is 0.508 e. The average Bonchev–Trinajstić information content (AvgIpc) is 2.75. The molecule has 3 N–H and O–H groups in total. The Bertz CT molecular complexity index is 898. The number of benzene rings is 1. The van der Waals surface area contributed by atoms with Crippen molar-refractivity contribution in [1.82, 2.24) is 0 Å². The Labute approximate surface area is 201 Å². The van der Waals surface area contributed by atoms with E-state index in [-0.39, 0.29) is 11.5 Å². The van der Waals surface area contributed by atoms with E-state index in [2.05, 4.69) is 39.8 Å². The first-order chi connectivity index (χ1) is 15.6. The van der Waals surface area contributed by atoms with Gasteiger partial charge in [-0.2, -0.15) is 0 Å². The Balaban J connectivity index is 1.85. The van der Waals surface area contributed by atoms with Crippen molar-refractivity contribution in [2.24, 2.45) is 5.92 Å². The van der Waals surface area contributed by atoms with Crippen LogP contribution in [0.5, 0.6) is 11.5 Å². The molecular formula is C30H44O3. The number of hydrogen-bond donors (Lipinski definition) is 3. The third-order valence-electron chi connectivity index (χ3n) is 6.45. The van der Waals surface area contributed by atoms with E-state index < -0.39 is 5.60 Å². The van der Waals surface area contributed by atoms with Crippen molar-refractivity contribution in [2.75, 3.05) is 0 Å². The van der Waals surface area contributed by atoms with Crippen molar-refractivity contribution < 1.29 is 15.3 Å². The summed E-state index contributed by atoms with van der Waals surface area (Å²) in [5.41, 5.74) is 3.86. The highest BCUT2D eigenvalue weighted by molar-refractivity contribution is 5.74. The third kappa shape index (κ3) is 9.25. The van der Waals surface area contributed by atoms with Crippen molar-refractivity contribution in [3.8, 4) is 11.5 Å². The molecule has 0 spiro atoms. The molecule has 33 heavy (non-hydrogen) atoms. The fourth-order valence-electron chi connectivity index (χ4n) is 4.24. The molecule has 1 aromatic rings. The summed E-state index contributed by atoms with van der Waals surface area (Å²) >= 11 is 0. The molecule has 0 saturated carbocycles. The Morgan fingerprint density at radius 2 is 1.79 bits per heavy atom. The predicted octanol–water partition coefficient (Wildman–Crippen LogP) is 8.10. The van der Waals surface area contributed by atoms with Crippen LogP contribution in [-0.2, 0) is 6.42 Å². The van der Waals surface area contributed by atoms with Crippen LogP contribution in [0.4, 0.5) is 0 Å². The van der Waals surface area contributed by atoms with E-state index in [0.29, 0.717) is 17.5 Å². The second-order valence-electron chi connectivity index (χ2n) is 10.3. The number of rotatable bonds is 12. The van der Waals surface area contributed by atoms with E-state index in [0.717, 1.165) is 43.6 Å². The van der Waals surface area contributed by atoms with Crippen LogP contribution in [0.1, 0.15) is 103 Å². The highest BCUT2D eigenvalue weighted by Crippen LogP contribution is 2.38. The average molecular weight is 453 g/mol. The van der Waals surface area contributed by atoms with Gasteiger partial charge in [-0.25, -0.2) is 0 Å². The second kappa shape index (κ2) is 12.8. The molecule has 1 atom stereocenters. The fourth-order valence-corrected chi connectivity index (χ4v) is 4.24. The van der Waals surface area contributed by atoms with Gasteiger partial charge in [-0.05, 0) is 84.1 Å². The van der Waals surface area contributed by atoms with E-state index in [9.17, 15) is 15.3 Å². The van der Waals surface area contributed by atoms with Crippen LogP contribution in [0.3, 0.4) is 0 Å². The molecule has 3 heteroatoms. The standard InChI is InChI=1S/C30H44O3/c1-22(2)11-8-12-23(3)13-9-14-24(4)15-10-19-30(5,33)20-18-25-21-28(31)26-16-6-7-17-27(26)29(25)32/h7,13,15,17-18,20-22,31-33H,6,8-12,14,16,19H2,1-5H3/b20-18+,23-13?,24-15?. The van der Waals surface area contributed by atoms with Crippen LogP contribution in [0.15, 0.2) is 41.5 Å². The van der Waals surface area contributed by atoms with Gasteiger partial charge in [-0.15, -0.1) is 0 Å². The predicted molar refractivity (Wildman–Crippen MR) is 141 cm³/mol. The van der Waals surface area contributed by atoms with Crippen LogP contribution in [-0.4, -0.2) is 20.9 Å². The first-order valence-electron chi connectivity index (χ1n) is 12.6. The van der Waals surface area contributed by atoms with Gasteiger partial charge in [0.15, 0.2) is 0 Å². The van der Waals surface area contributed by atoms with Crippen molar-refractivity contribution in [3.63, 3.8) is 0 Å². The maximum atomic E-state index is 10.8. The smallest absolute Gasteiger partial charge is 0.130 e. The van der Waals surface area contributed by atoms with Crippen molar-refractivity contribution >= 4 is 12.2 Å². The summed E-state index contributed by atoms with van der Waals surface area (Å²) in [6.45, 7) is 10.7. The summed E-state index contributed by atoms with van der Waals surface area (Å²) < 4.78 is 0. The van der Waals surface area contributed by atoms with E-state index in [1.165, 1.54) is 30.4 Å². The van der Waals surface area contributed by atoms with E-state index in [1.54, 1.807) is 25.1 Å². The summed E-state index contributed by atoms with van der Waals surface area (Å²) in [6.07, 6.45) is 20.8. The van der Waals surface area contributed by atoms with Crippen LogP contribution >= 0.6 is 0 Å². The summed E-state index contributed by atoms with van der Waals surface area (Å²) in [5, 5.41) is 31.7. The Hall–Kier alpha value is -2.26. The number of fused-ring (bicyclic) bond motifs is 1. The minimum absolute atomic E-state index is 0.161. The molecule has 0 bridgehead atoms. The molecular weight excluding hydrogens is 408 g/mol. The normalized spacial score (nSPS) is 16.5. The molecule has 1 aromatic carbocycles. The number of allylic oxidation sites excluding steroid dienone is 5. The topological polar surface area (TPSA) is 60.7 Å². The van der Waals surface area contributed by atoms with Crippen LogP contribution < -0.4 is 0 Å². The Kier molecular flexibility index (Phi) is 10.5. The number of phenols is 2. The van der Waals surface area contributed by atoms with Gasteiger partial charge in [0.2, 0.25) is 0 Å². The molecule has 0 radical (unpaired) electrons. The summed E-state index contributed by atoms with van der Waals surface area (Å²) in [4.78, 5) is 0. The van der Waals surface area contributed by atoms with E-state index >= 15 is 0 Å². The van der Waals surface area contributed by atoms with Gasteiger partial charge in [0.25, 0.3) is 0 Å². The zero-order chi connectivity index (χ0) is 24.4. The Morgan fingerprint density at radius 3 is 2.52 bits per heavy atom. The molecule has 0 saturated heterocycles. The zero-order valence-electron chi connectivity index (χ0n) is 21.3. The Morgan fingerprint density at radius 1 is 1.09 bits per heavy atom. The van der Waals surface area contributed by atoms with Gasteiger partial charge >= 0.3 is 0 Å². The van der Waals surface area contributed by atoms with E-state index in [4.69, 9.17) is 0 Å². The maximum Gasteiger partial charge on any atom is 0.130 e. The summed E-state index contributed by atoms with van der Waals surface area (Å²) in [7, 11) is 0. The first kappa shape index (κ1) is 27.0. The lowest BCUT2D eigenvalue weighted by Crippen LogP contribution is -2.19. The van der Waals surface area contributed by atoms with Gasteiger partial charge in [0.05, 0.1) is 5.60 Å². The first-order valence-corrected chi connectivity index (χ1v) is 12.6. The molecule has 1 aliphatic rings.